The molecule has 1 amide bonds. The number of pyridine rings is 1. The molecule has 1 atom stereocenters. The van der Waals surface area contributed by atoms with Crippen molar-refractivity contribution in [3.8, 4) is 0 Å². The molecule has 1 saturated heterocycles. The predicted molar refractivity (Wildman–Crippen MR) is 97.0 cm³/mol. The number of amides is 1. The molecule has 142 valence electrons. The van der Waals surface area contributed by atoms with E-state index < -0.39 is 15.8 Å². The molecule has 0 saturated carbocycles. The van der Waals surface area contributed by atoms with Crippen molar-refractivity contribution in [2.75, 3.05) is 13.1 Å². The number of nitrogens with zero attached hydrogens (tertiary/aromatic N) is 3. The fourth-order valence-electron chi connectivity index (χ4n) is 4.02. The highest BCUT2D eigenvalue weighted by Crippen LogP contribution is 2.36. The van der Waals surface area contributed by atoms with Gasteiger partial charge in [0.1, 0.15) is 16.4 Å². The van der Waals surface area contributed by atoms with Crippen LogP contribution in [-0.4, -0.2) is 47.6 Å². The van der Waals surface area contributed by atoms with Gasteiger partial charge in [0, 0.05) is 30.9 Å². The normalized spacial score (nSPS) is 21.5. The van der Waals surface area contributed by atoms with Crippen molar-refractivity contribution in [2.24, 2.45) is 0 Å². The van der Waals surface area contributed by atoms with Crippen LogP contribution in [0.5, 0.6) is 0 Å². The minimum absolute atomic E-state index is 0.0613. The second-order valence-corrected chi connectivity index (χ2v) is 8.80. The second kappa shape index (κ2) is 6.69. The van der Waals surface area contributed by atoms with E-state index in [-0.39, 0.29) is 36.0 Å². The predicted octanol–water partition coefficient (Wildman–Crippen LogP) is 2.59. The number of aromatic nitrogens is 1. The molecule has 1 fully saturated rings. The summed E-state index contributed by atoms with van der Waals surface area (Å²) in [4.78, 5) is 18.4. The minimum Gasteiger partial charge on any atom is -0.327 e. The number of fused-ring (bicyclic) bond motifs is 1. The van der Waals surface area contributed by atoms with Gasteiger partial charge in [-0.05, 0) is 38.0 Å². The first-order valence-corrected chi connectivity index (χ1v) is 10.4. The van der Waals surface area contributed by atoms with Crippen LogP contribution in [0.25, 0.3) is 0 Å². The molecule has 3 heterocycles. The van der Waals surface area contributed by atoms with Crippen LogP contribution in [0, 0.1) is 5.82 Å². The Bertz CT molecular complexity index is 987. The lowest BCUT2D eigenvalue weighted by Crippen LogP contribution is -2.47. The van der Waals surface area contributed by atoms with Gasteiger partial charge in [-0.15, -0.1) is 0 Å². The van der Waals surface area contributed by atoms with Crippen molar-refractivity contribution in [1.29, 1.82) is 0 Å². The Morgan fingerprint density at radius 2 is 1.81 bits per heavy atom. The van der Waals surface area contributed by atoms with Crippen LogP contribution in [0.2, 0.25) is 0 Å². The topological polar surface area (TPSA) is 70.6 Å². The highest BCUT2D eigenvalue weighted by Gasteiger charge is 2.41. The van der Waals surface area contributed by atoms with Crippen molar-refractivity contribution in [1.82, 2.24) is 14.2 Å². The first-order chi connectivity index (χ1) is 12.9. The zero-order chi connectivity index (χ0) is 19.2. The molecule has 6 nitrogen and oxygen atoms in total. The van der Waals surface area contributed by atoms with Crippen LogP contribution in [0.4, 0.5) is 4.39 Å². The summed E-state index contributed by atoms with van der Waals surface area (Å²) in [5.74, 6) is -0.849. The van der Waals surface area contributed by atoms with Gasteiger partial charge >= 0.3 is 0 Å². The van der Waals surface area contributed by atoms with E-state index in [0.717, 1.165) is 11.6 Å². The third-order valence-electron chi connectivity index (χ3n) is 5.41. The molecule has 27 heavy (non-hydrogen) atoms. The molecular weight excluding hydrogens is 369 g/mol. The smallest absolute Gasteiger partial charge is 0.273 e. The van der Waals surface area contributed by atoms with E-state index in [1.807, 2.05) is 24.0 Å². The zero-order valence-corrected chi connectivity index (χ0v) is 15.7. The first-order valence-electron chi connectivity index (χ1n) is 8.93. The Kier molecular flexibility index (Phi) is 4.47. The largest absolute Gasteiger partial charge is 0.327 e. The van der Waals surface area contributed by atoms with E-state index in [1.165, 1.54) is 22.5 Å². The maximum absolute atomic E-state index is 14.0. The average molecular weight is 389 g/mol. The number of piperidine rings is 1. The van der Waals surface area contributed by atoms with Gasteiger partial charge in [-0.1, -0.05) is 18.2 Å². The number of hydrogen-bond acceptors (Lipinski definition) is 4. The quantitative estimate of drug-likeness (QED) is 0.809. The third kappa shape index (κ3) is 2.93. The van der Waals surface area contributed by atoms with Crippen molar-refractivity contribution >= 4 is 15.9 Å². The first kappa shape index (κ1) is 18.1. The Labute approximate surface area is 157 Å². The Morgan fingerprint density at radius 1 is 1.11 bits per heavy atom. The molecule has 0 radical (unpaired) electrons. The highest BCUT2D eigenvalue weighted by atomic mass is 32.2. The fraction of sp³-hybridized carbons (Fsp3) is 0.368. The van der Waals surface area contributed by atoms with Gasteiger partial charge in [0.25, 0.3) is 5.91 Å². The molecule has 2 aliphatic rings. The molecule has 2 aromatic rings. The minimum atomic E-state index is -3.88. The van der Waals surface area contributed by atoms with E-state index in [2.05, 4.69) is 4.98 Å². The molecule has 0 spiro atoms. The Balaban J connectivity index is 1.50. The van der Waals surface area contributed by atoms with Crippen LogP contribution in [-0.2, 0) is 10.0 Å². The third-order valence-corrected chi connectivity index (χ3v) is 7.35. The van der Waals surface area contributed by atoms with Crippen LogP contribution < -0.4 is 0 Å². The Hall–Kier alpha value is -2.32. The average Bonchev–Trinajstić information content (AvgIpc) is 2.93. The number of rotatable bonds is 3. The highest BCUT2D eigenvalue weighted by molar-refractivity contribution is 7.89. The molecule has 2 aliphatic heterocycles. The van der Waals surface area contributed by atoms with Gasteiger partial charge in [0.2, 0.25) is 10.0 Å². The molecule has 0 bridgehead atoms. The number of carbonyl (C=O) groups is 1. The van der Waals surface area contributed by atoms with Gasteiger partial charge in [-0.3, -0.25) is 9.78 Å². The number of hydrogen-bond donors (Lipinski definition) is 0. The van der Waals surface area contributed by atoms with Gasteiger partial charge in [0.05, 0.1) is 6.04 Å². The summed E-state index contributed by atoms with van der Waals surface area (Å²) in [6.45, 7) is 2.47. The van der Waals surface area contributed by atoms with E-state index in [1.54, 1.807) is 6.20 Å². The zero-order valence-electron chi connectivity index (χ0n) is 14.9. The van der Waals surface area contributed by atoms with Gasteiger partial charge in [-0.25, -0.2) is 12.8 Å². The number of benzene rings is 1. The summed E-state index contributed by atoms with van der Waals surface area (Å²) in [6, 6.07) is 8.98. The molecule has 8 heteroatoms. The summed E-state index contributed by atoms with van der Waals surface area (Å²) >= 11 is 0. The van der Waals surface area contributed by atoms with Gasteiger partial charge in [-0.2, -0.15) is 4.31 Å². The maximum atomic E-state index is 14.0. The standard InChI is InChI=1S/C19H20FN3O3S/c1-13-15-5-4-10-21-18(15)19(24)23(13)14-8-11-22(12-9-14)27(25,26)17-7-3-2-6-16(17)20/h2-7,10,13-14H,8-9,11-12H2,1H3. The molecule has 1 aromatic carbocycles. The molecule has 4 rings (SSSR count). The summed E-state index contributed by atoms with van der Waals surface area (Å²) in [5.41, 5.74) is 1.38. The van der Waals surface area contributed by atoms with Gasteiger partial charge in [0.15, 0.2) is 0 Å². The number of sulfonamides is 1. The van der Waals surface area contributed by atoms with E-state index in [9.17, 15) is 17.6 Å². The van der Waals surface area contributed by atoms with Crippen LogP contribution >= 0.6 is 0 Å². The van der Waals surface area contributed by atoms with Crippen molar-refractivity contribution in [3.63, 3.8) is 0 Å². The van der Waals surface area contributed by atoms with Crippen LogP contribution in [0.15, 0.2) is 47.5 Å². The van der Waals surface area contributed by atoms with Crippen molar-refractivity contribution in [2.45, 2.75) is 36.7 Å². The summed E-state index contributed by atoms with van der Waals surface area (Å²) in [5, 5.41) is 0. The second-order valence-electron chi connectivity index (χ2n) is 6.90. The van der Waals surface area contributed by atoms with E-state index >= 15 is 0 Å². The lowest BCUT2D eigenvalue weighted by molar-refractivity contribution is 0.0568. The monoisotopic (exact) mass is 389 g/mol. The number of carbonyl (C=O) groups excluding carboxylic acids is 1. The van der Waals surface area contributed by atoms with E-state index in [4.69, 9.17) is 0 Å². The molecule has 1 aromatic heterocycles. The molecule has 1 unspecified atom stereocenters. The van der Waals surface area contributed by atoms with Crippen molar-refractivity contribution < 1.29 is 17.6 Å². The Morgan fingerprint density at radius 3 is 2.48 bits per heavy atom. The van der Waals surface area contributed by atoms with Gasteiger partial charge < -0.3 is 4.90 Å². The molecular formula is C19H20FN3O3S. The maximum Gasteiger partial charge on any atom is 0.273 e. The lowest BCUT2D eigenvalue weighted by atomic mass is 10.0. The van der Waals surface area contributed by atoms with Crippen molar-refractivity contribution in [3.05, 3.63) is 59.7 Å². The summed E-state index contributed by atoms with van der Waals surface area (Å²) in [7, 11) is -3.88. The lowest BCUT2D eigenvalue weighted by Gasteiger charge is -2.38. The van der Waals surface area contributed by atoms with E-state index in [0.29, 0.717) is 18.5 Å². The summed E-state index contributed by atoms with van der Waals surface area (Å²) in [6.07, 6.45) is 2.63. The SMILES string of the molecule is CC1c2cccnc2C(=O)N1C1CCN(S(=O)(=O)c2ccccc2F)CC1. The molecule has 0 aliphatic carbocycles. The van der Waals surface area contributed by atoms with Crippen LogP contribution in [0.3, 0.4) is 0 Å². The molecule has 0 N–H and O–H groups in total. The summed E-state index contributed by atoms with van der Waals surface area (Å²) < 4.78 is 40.7. The fourth-order valence-corrected chi connectivity index (χ4v) is 5.55. The number of halogens is 1. The van der Waals surface area contributed by atoms with Crippen LogP contribution in [0.1, 0.15) is 41.9 Å².